The van der Waals surface area contributed by atoms with E-state index in [4.69, 9.17) is 14.2 Å². The summed E-state index contributed by atoms with van der Waals surface area (Å²) in [7, 11) is 0. The van der Waals surface area contributed by atoms with E-state index in [-0.39, 0.29) is 13.0 Å². The highest BCUT2D eigenvalue weighted by molar-refractivity contribution is 5.86. The third-order valence-corrected chi connectivity index (χ3v) is 3.38. The Morgan fingerprint density at radius 1 is 1.00 bits per heavy atom. The summed E-state index contributed by atoms with van der Waals surface area (Å²) in [5.41, 5.74) is -1.36. The van der Waals surface area contributed by atoms with Crippen molar-refractivity contribution in [1.29, 1.82) is 0 Å². The molecular weight excluding hydrogens is 350 g/mol. The molecule has 0 heterocycles. The van der Waals surface area contributed by atoms with Crippen molar-refractivity contribution in [1.82, 2.24) is 5.32 Å². The Hall–Kier alpha value is -2.57. The molecule has 0 aromatic heterocycles. The van der Waals surface area contributed by atoms with Gasteiger partial charge in [-0.2, -0.15) is 0 Å². The maximum absolute atomic E-state index is 12.7. The molecule has 27 heavy (non-hydrogen) atoms. The number of ether oxygens (including phenoxy) is 3. The zero-order valence-electron chi connectivity index (χ0n) is 16.8. The summed E-state index contributed by atoms with van der Waals surface area (Å²) >= 11 is 0. The highest BCUT2D eigenvalue weighted by atomic mass is 16.6. The van der Waals surface area contributed by atoms with Crippen LogP contribution >= 0.6 is 0 Å². The number of esters is 2. The fourth-order valence-electron chi connectivity index (χ4n) is 2.16. The van der Waals surface area contributed by atoms with Crippen molar-refractivity contribution in [3.63, 3.8) is 0 Å². The molecule has 0 unspecified atom stereocenters. The highest BCUT2D eigenvalue weighted by Gasteiger charge is 2.37. The smallest absolute Gasteiger partial charge is 0.408 e. The van der Waals surface area contributed by atoms with Gasteiger partial charge in [0.15, 0.2) is 0 Å². The first-order valence-electron chi connectivity index (χ1n) is 8.88. The molecule has 0 bridgehead atoms. The number of nitrogens with one attached hydrogen (secondary N) is 1. The van der Waals surface area contributed by atoms with Crippen molar-refractivity contribution in [2.24, 2.45) is 0 Å². The molecule has 0 fully saturated rings. The summed E-state index contributed by atoms with van der Waals surface area (Å²) in [6, 6.07) is 8.14. The van der Waals surface area contributed by atoms with Crippen LogP contribution in [0.5, 0.6) is 0 Å². The number of carbonyl (C=O) groups is 3. The van der Waals surface area contributed by atoms with Crippen molar-refractivity contribution >= 4 is 18.0 Å². The van der Waals surface area contributed by atoms with Gasteiger partial charge in [0.2, 0.25) is 5.60 Å². The van der Waals surface area contributed by atoms with Crippen molar-refractivity contribution in [2.45, 2.75) is 65.2 Å². The van der Waals surface area contributed by atoms with Crippen LogP contribution in [-0.4, -0.2) is 41.9 Å². The van der Waals surface area contributed by atoms with E-state index in [0.29, 0.717) is 0 Å². The average Bonchev–Trinajstić information content (AvgIpc) is 2.53. The van der Waals surface area contributed by atoms with E-state index in [1.807, 2.05) is 30.3 Å². The predicted octanol–water partition coefficient (Wildman–Crippen LogP) is 3.01. The molecule has 7 nitrogen and oxygen atoms in total. The molecule has 7 heteroatoms. The number of hydrogen-bond donors (Lipinski definition) is 1. The van der Waals surface area contributed by atoms with Gasteiger partial charge in [-0.25, -0.2) is 14.4 Å². The van der Waals surface area contributed by atoms with Crippen LogP contribution in [0.2, 0.25) is 0 Å². The van der Waals surface area contributed by atoms with E-state index in [9.17, 15) is 14.4 Å². The Labute approximate surface area is 160 Å². The normalized spacial score (nSPS) is 12.7. The Balaban J connectivity index is 2.93. The molecule has 0 aliphatic carbocycles. The molecule has 0 aliphatic rings. The molecule has 0 aliphatic heterocycles. The van der Waals surface area contributed by atoms with Gasteiger partial charge in [0.1, 0.15) is 11.6 Å². The zero-order valence-corrected chi connectivity index (χ0v) is 16.8. The first kappa shape index (κ1) is 22.5. The lowest BCUT2D eigenvalue weighted by Gasteiger charge is -2.27. The van der Waals surface area contributed by atoms with Crippen LogP contribution in [0, 0.1) is 0 Å². The Kier molecular flexibility index (Phi) is 7.82. The molecule has 1 aromatic carbocycles. The van der Waals surface area contributed by atoms with Gasteiger partial charge in [-0.15, -0.1) is 0 Å². The van der Waals surface area contributed by atoms with Crippen LogP contribution in [0.3, 0.4) is 0 Å². The molecule has 1 aromatic rings. The first-order chi connectivity index (χ1) is 12.4. The van der Waals surface area contributed by atoms with Crippen LogP contribution in [0.15, 0.2) is 30.3 Å². The summed E-state index contributed by atoms with van der Waals surface area (Å²) in [5.74, 6) is -1.41. The third kappa shape index (κ3) is 8.11. The fraction of sp³-hybridized carbons (Fsp3) is 0.550. The van der Waals surface area contributed by atoms with Crippen LogP contribution in [0.1, 0.15) is 47.1 Å². The monoisotopic (exact) mass is 379 g/mol. The summed E-state index contributed by atoms with van der Waals surface area (Å²) in [4.78, 5) is 36.8. The van der Waals surface area contributed by atoms with Crippen molar-refractivity contribution < 1.29 is 28.6 Å². The van der Waals surface area contributed by atoms with Crippen molar-refractivity contribution in [3.05, 3.63) is 35.9 Å². The second-order valence-electron chi connectivity index (χ2n) is 7.54. The maximum atomic E-state index is 12.7. The van der Waals surface area contributed by atoms with Crippen LogP contribution in [-0.2, 0) is 30.2 Å². The van der Waals surface area contributed by atoms with Crippen LogP contribution < -0.4 is 5.32 Å². The number of hydrogen-bond acceptors (Lipinski definition) is 6. The minimum absolute atomic E-state index is 0.170. The predicted molar refractivity (Wildman–Crippen MR) is 100 cm³/mol. The van der Waals surface area contributed by atoms with Crippen LogP contribution in [0.25, 0.3) is 0 Å². The van der Waals surface area contributed by atoms with Crippen molar-refractivity contribution in [2.75, 3.05) is 6.61 Å². The maximum Gasteiger partial charge on any atom is 0.408 e. The Morgan fingerprint density at radius 3 is 2.11 bits per heavy atom. The minimum Gasteiger partial charge on any atom is -0.463 e. The van der Waals surface area contributed by atoms with Gasteiger partial charge in [-0.05, 0) is 47.1 Å². The van der Waals surface area contributed by atoms with E-state index in [1.54, 1.807) is 27.7 Å². The van der Waals surface area contributed by atoms with E-state index >= 15 is 0 Å². The summed E-state index contributed by atoms with van der Waals surface area (Å²) in [6.07, 6.45) is -0.549. The summed E-state index contributed by atoms with van der Waals surface area (Å²) in [6.45, 7) is 9.89. The molecule has 0 saturated heterocycles. The first-order valence-corrected chi connectivity index (χ1v) is 8.88. The van der Waals surface area contributed by atoms with Gasteiger partial charge < -0.3 is 19.5 Å². The lowest BCUT2D eigenvalue weighted by molar-refractivity contribution is -0.179. The Morgan fingerprint density at radius 2 is 1.59 bits per heavy atom. The third-order valence-electron chi connectivity index (χ3n) is 3.38. The standard InChI is InChI=1S/C20H29NO6/c1-7-25-17(23)20(5,6)26-16(22)15(13-14-11-9-8-10-12-14)21-18(24)27-19(2,3)4/h8-12,15H,7,13H2,1-6H3,(H,21,24)/t15-/m0/s1. The molecule has 0 spiro atoms. The number of benzene rings is 1. The molecular formula is C20H29NO6. The molecule has 0 saturated carbocycles. The van der Waals surface area contributed by atoms with Gasteiger partial charge in [0, 0.05) is 6.42 Å². The molecule has 1 atom stereocenters. The second-order valence-corrected chi connectivity index (χ2v) is 7.54. The topological polar surface area (TPSA) is 90.9 Å². The van der Waals surface area contributed by atoms with Gasteiger partial charge >= 0.3 is 18.0 Å². The molecule has 1 amide bonds. The van der Waals surface area contributed by atoms with Crippen LogP contribution in [0.4, 0.5) is 4.79 Å². The number of alkyl carbamates (subject to hydrolysis) is 1. The molecule has 1 N–H and O–H groups in total. The highest BCUT2D eigenvalue weighted by Crippen LogP contribution is 2.15. The minimum atomic E-state index is -1.47. The van der Waals surface area contributed by atoms with Gasteiger partial charge in [-0.3, -0.25) is 0 Å². The van der Waals surface area contributed by atoms with Gasteiger partial charge in [0.25, 0.3) is 0 Å². The number of rotatable bonds is 7. The lowest BCUT2D eigenvalue weighted by atomic mass is 10.1. The summed E-state index contributed by atoms with van der Waals surface area (Å²) < 4.78 is 15.5. The fourth-order valence-corrected chi connectivity index (χ4v) is 2.16. The van der Waals surface area contributed by atoms with E-state index in [2.05, 4.69) is 5.32 Å². The molecule has 1 rings (SSSR count). The van der Waals surface area contributed by atoms with E-state index in [0.717, 1.165) is 5.56 Å². The van der Waals surface area contributed by atoms with Gasteiger partial charge in [-0.1, -0.05) is 30.3 Å². The molecule has 150 valence electrons. The van der Waals surface area contributed by atoms with Crippen molar-refractivity contribution in [3.8, 4) is 0 Å². The average molecular weight is 379 g/mol. The zero-order chi connectivity index (χ0) is 20.7. The van der Waals surface area contributed by atoms with E-state index < -0.39 is 35.3 Å². The second kappa shape index (κ2) is 9.39. The largest absolute Gasteiger partial charge is 0.463 e. The van der Waals surface area contributed by atoms with Gasteiger partial charge in [0.05, 0.1) is 6.61 Å². The quantitative estimate of drug-likeness (QED) is 0.578. The molecule has 0 radical (unpaired) electrons. The Bertz CT molecular complexity index is 648. The SMILES string of the molecule is CCOC(=O)C(C)(C)OC(=O)[C@H](Cc1ccccc1)NC(=O)OC(C)(C)C. The lowest BCUT2D eigenvalue weighted by Crippen LogP contribution is -2.49. The number of carbonyl (C=O) groups excluding carboxylic acids is 3. The van der Waals surface area contributed by atoms with E-state index in [1.165, 1.54) is 13.8 Å². The number of amides is 1. The summed E-state index contributed by atoms with van der Waals surface area (Å²) in [5, 5.41) is 2.53.